The van der Waals surface area contributed by atoms with E-state index in [-0.39, 0.29) is 22.1 Å². The fourth-order valence-corrected chi connectivity index (χ4v) is 2.94. The van der Waals surface area contributed by atoms with E-state index in [0.717, 1.165) is 11.3 Å². The molecule has 1 amide bonds. The molecule has 0 saturated carbocycles. The third-order valence-corrected chi connectivity index (χ3v) is 4.21. The molecule has 2 aromatic heterocycles. The number of hydrogen-bond acceptors (Lipinski definition) is 7. The van der Waals surface area contributed by atoms with Gasteiger partial charge in [0, 0.05) is 23.2 Å². The number of nitrogens with one attached hydrogen (secondary N) is 2. The molecule has 0 bridgehead atoms. The molecule has 3 aromatic rings. The van der Waals surface area contributed by atoms with Crippen molar-refractivity contribution in [1.29, 1.82) is 0 Å². The van der Waals surface area contributed by atoms with Crippen LogP contribution in [0.2, 0.25) is 0 Å². The van der Waals surface area contributed by atoms with Crippen molar-refractivity contribution in [2.45, 2.75) is 0 Å². The van der Waals surface area contributed by atoms with Crippen LogP contribution in [-0.2, 0) is 4.74 Å². The van der Waals surface area contributed by atoms with E-state index in [0.29, 0.717) is 11.3 Å². The van der Waals surface area contributed by atoms with Crippen LogP contribution in [0.25, 0.3) is 11.3 Å². The summed E-state index contributed by atoms with van der Waals surface area (Å²) in [6, 6.07) is 7.24. The average Bonchev–Trinajstić information content (AvgIpc) is 3.30. The van der Waals surface area contributed by atoms with E-state index in [1.54, 1.807) is 23.7 Å². The van der Waals surface area contributed by atoms with E-state index in [2.05, 4.69) is 20.0 Å². The first kappa shape index (κ1) is 17.3. The van der Waals surface area contributed by atoms with Gasteiger partial charge < -0.3 is 9.72 Å². The van der Waals surface area contributed by atoms with Crippen molar-refractivity contribution in [2.75, 3.05) is 12.4 Å². The van der Waals surface area contributed by atoms with Crippen LogP contribution in [0.3, 0.4) is 0 Å². The predicted octanol–water partition coefficient (Wildman–Crippen LogP) is 3.09. The monoisotopic (exact) mass is 372 g/mol. The van der Waals surface area contributed by atoms with Gasteiger partial charge in [-0.2, -0.15) is 0 Å². The van der Waals surface area contributed by atoms with Gasteiger partial charge in [-0.25, -0.2) is 9.78 Å². The van der Waals surface area contributed by atoms with Gasteiger partial charge in [0.2, 0.25) is 0 Å². The number of nitro benzene ring substituents is 1. The second-order valence-electron chi connectivity index (χ2n) is 5.06. The number of para-hydroxylation sites is 1. The first-order valence-corrected chi connectivity index (χ1v) is 8.15. The number of H-pyrrole nitrogens is 1. The SMILES string of the molecule is COC(=O)c1cc(-c2csc(NC(=O)c3ccccc3[N+](=O)[O-])n2)c[nH]1. The van der Waals surface area contributed by atoms with Gasteiger partial charge >= 0.3 is 5.97 Å². The lowest BCUT2D eigenvalue weighted by Gasteiger charge is -2.02. The Labute approximate surface area is 150 Å². The molecule has 26 heavy (non-hydrogen) atoms. The molecular formula is C16H12N4O5S. The Kier molecular flexibility index (Phi) is 4.76. The van der Waals surface area contributed by atoms with Gasteiger partial charge in [-0.05, 0) is 12.1 Å². The number of aromatic amines is 1. The number of esters is 1. The second kappa shape index (κ2) is 7.15. The maximum absolute atomic E-state index is 12.3. The number of carbonyl (C=O) groups excluding carboxylic acids is 2. The molecule has 0 atom stereocenters. The fraction of sp³-hybridized carbons (Fsp3) is 0.0625. The van der Waals surface area contributed by atoms with Crippen LogP contribution in [-0.4, -0.2) is 33.9 Å². The van der Waals surface area contributed by atoms with Gasteiger partial charge in [-0.1, -0.05) is 12.1 Å². The Morgan fingerprint density at radius 1 is 1.35 bits per heavy atom. The Hall–Kier alpha value is -3.53. The van der Waals surface area contributed by atoms with E-state index in [9.17, 15) is 19.7 Å². The highest BCUT2D eigenvalue weighted by atomic mass is 32.1. The van der Waals surface area contributed by atoms with Gasteiger partial charge in [0.05, 0.1) is 17.7 Å². The lowest BCUT2D eigenvalue weighted by molar-refractivity contribution is -0.385. The lowest BCUT2D eigenvalue weighted by Crippen LogP contribution is -2.13. The second-order valence-corrected chi connectivity index (χ2v) is 5.92. The number of rotatable bonds is 5. The van der Waals surface area contributed by atoms with Crippen molar-refractivity contribution in [1.82, 2.24) is 9.97 Å². The quantitative estimate of drug-likeness (QED) is 0.402. The molecule has 0 spiro atoms. The summed E-state index contributed by atoms with van der Waals surface area (Å²) in [6.07, 6.45) is 1.59. The molecule has 0 saturated heterocycles. The van der Waals surface area contributed by atoms with Crippen LogP contribution >= 0.6 is 11.3 Å². The molecule has 0 fully saturated rings. The van der Waals surface area contributed by atoms with Crippen molar-refractivity contribution in [3.05, 3.63) is 63.3 Å². The number of ether oxygens (including phenoxy) is 1. The summed E-state index contributed by atoms with van der Waals surface area (Å²) < 4.78 is 4.62. The topological polar surface area (TPSA) is 127 Å². The van der Waals surface area contributed by atoms with E-state index >= 15 is 0 Å². The number of nitrogens with zero attached hydrogens (tertiary/aromatic N) is 2. The minimum Gasteiger partial charge on any atom is -0.464 e. The molecule has 0 aliphatic carbocycles. The highest BCUT2D eigenvalue weighted by Crippen LogP contribution is 2.27. The van der Waals surface area contributed by atoms with Crippen LogP contribution in [0.15, 0.2) is 41.9 Å². The largest absolute Gasteiger partial charge is 0.464 e. The lowest BCUT2D eigenvalue weighted by atomic mass is 10.1. The molecule has 2 heterocycles. The third kappa shape index (κ3) is 3.44. The van der Waals surface area contributed by atoms with Gasteiger partial charge in [-0.15, -0.1) is 11.3 Å². The molecule has 0 unspecified atom stereocenters. The maximum Gasteiger partial charge on any atom is 0.354 e. The molecule has 3 rings (SSSR count). The van der Waals surface area contributed by atoms with Crippen molar-refractivity contribution in [2.24, 2.45) is 0 Å². The number of carbonyl (C=O) groups is 2. The molecule has 0 aliphatic rings. The number of thiazole rings is 1. The van der Waals surface area contributed by atoms with Gasteiger partial charge in [0.1, 0.15) is 11.3 Å². The molecular weight excluding hydrogens is 360 g/mol. The van der Waals surface area contributed by atoms with E-state index < -0.39 is 16.8 Å². The Balaban J connectivity index is 1.79. The van der Waals surface area contributed by atoms with Crippen molar-refractivity contribution < 1.29 is 19.2 Å². The number of aromatic nitrogens is 2. The van der Waals surface area contributed by atoms with E-state index in [4.69, 9.17) is 0 Å². The smallest absolute Gasteiger partial charge is 0.354 e. The number of benzene rings is 1. The predicted molar refractivity (Wildman–Crippen MR) is 94.3 cm³/mol. The summed E-state index contributed by atoms with van der Waals surface area (Å²) >= 11 is 1.16. The average molecular weight is 372 g/mol. The van der Waals surface area contributed by atoms with Crippen molar-refractivity contribution >= 4 is 34.0 Å². The van der Waals surface area contributed by atoms with Crippen LogP contribution in [0.5, 0.6) is 0 Å². The maximum atomic E-state index is 12.3. The van der Waals surface area contributed by atoms with Gasteiger partial charge in [-0.3, -0.25) is 20.2 Å². The summed E-state index contributed by atoms with van der Waals surface area (Å²) in [7, 11) is 1.28. The summed E-state index contributed by atoms with van der Waals surface area (Å²) in [4.78, 5) is 41.2. The highest BCUT2D eigenvalue weighted by molar-refractivity contribution is 7.14. The molecule has 9 nitrogen and oxygen atoms in total. The first-order valence-electron chi connectivity index (χ1n) is 7.27. The molecule has 1 aromatic carbocycles. The summed E-state index contributed by atoms with van der Waals surface area (Å²) in [5.74, 6) is -1.13. The molecule has 0 radical (unpaired) electrons. The van der Waals surface area contributed by atoms with Crippen LogP contribution in [0.4, 0.5) is 10.8 Å². The van der Waals surface area contributed by atoms with E-state index in [1.807, 2.05) is 0 Å². The molecule has 0 aliphatic heterocycles. The Morgan fingerprint density at radius 2 is 2.12 bits per heavy atom. The summed E-state index contributed by atoms with van der Waals surface area (Å²) in [5.41, 5.74) is 1.13. The minimum absolute atomic E-state index is 0.0520. The van der Waals surface area contributed by atoms with Crippen LogP contribution in [0, 0.1) is 10.1 Å². The highest BCUT2D eigenvalue weighted by Gasteiger charge is 2.20. The summed E-state index contributed by atoms with van der Waals surface area (Å²) in [5, 5.41) is 15.5. The number of nitro groups is 1. The first-order chi connectivity index (χ1) is 12.5. The Bertz CT molecular complexity index is 994. The minimum atomic E-state index is -0.623. The number of amides is 1. The van der Waals surface area contributed by atoms with Crippen LogP contribution in [0.1, 0.15) is 20.8 Å². The summed E-state index contributed by atoms with van der Waals surface area (Å²) in [6.45, 7) is 0. The third-order valence-electron chi connectivity index (χ3n) is 3.45. The number of anilines is 1. The fourth-order valence-electron chi connectivity index (χ4n) is 2.22. The Morgan fingerprint density at radius 3 is 2.85 bits per heavy atom. The van der Waals surface area contributed by atoms with Crippen molar-refractivity contribution in [3.8, 4) is 11.3 Å². The van der Waals surface area contributed by atoms with Gasteiger partial charge in [0.15, 0.2) is 5.13 Å². The molecule has 10 heteroatoms. The zero-order chi connectivity index (χ0) is 18.7. The zero-order valence-electron chi connectivity index (χ0n) is 13.4. The number of hydrogen-bond donors (Lipinski definition) is 2. The molecule has 2 N–H and O–H groups in total. The molecule has 132 valence electrons. The standard InChI is InChI=1S/C16H12N4O5S/c1-25-15(22)11-6-9(7-17-11)12-8-26-16(18-12)19-14(21)10-4-2-3-5-13(10)20(23)24/h2-8,17H,1H3,(H,18,19,21). The van der Waals surface area contributed by atoms with E-state index in [1.165, 1.54) is 25.3 Å². The van der Waals surface area contributed by atoms with Gasteiger partial charge in [0.25, 0.3) is 11.6 Å². The zero-order valence-corrected chi connectivity index (χ0v) is 14.2. The van der Waals surface area contributed by atoms with Crippen LogP contribution < -0.4 is 5.32 Å². The normalized spacial score (nSPS) is 10.3. The number of methoxy groups -OCH3 is 1. The van der Waals surface area contributed by atoms with Crippen molar-refractivity contribution in [3.63, 3.8) is 0 Å².